The van der Waals surface area contributed by atoms with E-state index in [1.807, 2.05) is 0 Å². The molecule has 22 heavy (non-hydrogen) atoms. The predicted molar refractivity (Wildman–Crippen MR) is 75.4 cm³/mol. The lowest BCUT2D eigenvalue weighted by molar-refractivity contribution is -0.187. The van der Waals surface area contributed by atoms with Gasteiger partial charge in [0.15, 0.2) is 0 Å². The first kappa shape index (κ1) is 15.3. The topological polar surface area (TPSA) is 95.9 Å². The van der Waals surface area contributed by atoms with Crippen LogP contribution in [0.1, 0.15) is 51.9 Å². The average Bonchev–Trinajstić information content (AvgIpc) is 2.70. The molecular formula is C15H22N2O5. The largest absolute Gasteiger partial charge is 0.431 e. The van der Waals surface area contributed by atoms with Crippen LogP contribution in [-0.2, 0) is 19.1 Å². The maximum atomic E-state index is 12.6. The molecule has 3 heterocycles. The first-order chi connectivity index (χ1) is 10.4. The van der Waals surface area contributed by atoms with E-state index in [0.717, 1.165) is 25.7 Å². The number of carbonyl (C=O) groups is 3. The molecule has 3 aliphatic heterocycles. The molecule has 3 saturated heterocycles. The lowest BCUT2D eigenvalue weighted by atomic mass is 9.88. The number of rotatable bonds is 2. The lowest BCUT2D eigenvalue weighted by Crippen LogP contribution is -2.60. The van der Waals surface area contributed by atoms with E-state index in [0.29, 0.717) is 12.8 Å². The summed E-state index contributed by atoms with van der Waals surface area (Å²) in [5.41, 5.74) is 0. The third-order valence-electron chi connectivity index (χ3n) is 4.92. The highest BCUT2D eigenvalue weighted by atomic mass is 16.7. The number of nitrogens with zero attached hydrogens (tertiary/aromatic N) is 1. The van der Waals surface area contributed by atoms with Crippen molar-refractivity contribution in [3.05, 3.63) is 0 Å². The molecule has 4 unspecified atom stereocenters. The molecule has 7 nitrogen and oxygen atoms in total. The van der Waals surface area contributed by atoms with E-state index in [-0.39, 0.29) is 24.3 Å². The number of carbonyl (C=O) groups excluding carboxylic acids is 3. The minimum Gasteiger partial charge on any atom is -0.431 e. The molecule has 2 amide bonds. The molecule has 2 N–H and O–H groups in total. The summed E-state index contributed by atoms with van der Waals surface area (Å²) >= 11 is 0. The smallest absolute Gasteiger partial charge is 0.310 e. The molecule has 0 aliphatic carbocycles. The van der Waals surface area contributed by atoms with Gasteiger partial charge >= 0.3 is 5.97 Å². The second kappa shape index (κ2) is 5.53. The van der Waals surface area contributed by atoms with Crippen molar-refractivity contribution >= 4 is 17.8 Å². The zero-order valence-electron chi connectivity index (χ0n) is 12.7. The number of fused-ring (bicyclic) bond motifs is 1. The van der Waals surface area contributed by atoms with Gasteiger partial charge in [-0.3, -0.25) is 14.4 Å². The van der Waals surface area contributed by atoms with Crippen molar-refractivity contribution in [1.82, 2.24) is 10.2 Å². The average molecular weight is 310 g/mol. The van der Waals surface area contributed by atoms with Gasteiger partial charge in [-0.15, -0.1) is 0 Å². The van der Waals surface area contributed by atoms with Crippen LogP contribution in [0.25, 0.3) is 0 Å². The Kier molecular flexibility index (Phi) is 3.84. The minimum atomic E-state index is -1.69. The molecule has 0 aromatic carbocycles. The highest BCUT2D eigenvalue weighted by molar-refractivity contribution is 5.89. The molecular weight excluding hydrogens is 288 g/mol. The van der Waals surface area contributed by atoms with Gasteiger partial charge in [0, 0.05) is 19.4 Å². The van der Waals surface area contributed by atoms with Crippen LogP contribution in [0, 0.1) is 0 Å². The van der Waals surface area contributed by atoms with Crippen molar-refractivity contribution in [1.29, 1.82) is 0 Å². The van der Waals surface area contributed by atoms with E-state index in [9.17, 15) is 19.5 Å². The summed E-state index contributed by atoms with van der Waals surface area (Å²) in [6.45, 7) is 1.36. The molecule has 3 fully saturated rings. The molecule has 0 aromatic heterocycles. The third kappa shape index (κ3) is 2.69. The van der Waals surface area contributed by atoms with Gasteiger partial charge in [0.05, 0.1) is 6.42 Å². The Morgan fingerprint density at radius 2 is 2.05 bits per heavy atom. The molecule has 122 valence electrons. The van der Waals surface area contributed by atoms with Crippen LogP contribution in [0.3, 0.4) is 0 Å². The van der Waals surface area contributed by atoms with Gasteiger partial charge in [0.25, 0.3) is 0 Å². The van der Waals surface area contributed by atoms with Gasteiger partial charge in [0.1, 0.15) is 12.1 Å². The highest BCUT2D eigenvalue weighted by Gasteiger charge is 2.47. The second-order valence-corrected chi connectivity index (χ2v) is 6.59. The fourth-order valence-corrected chi connectivity index (χ4v) is 3.77. The fraction of sp³-hybridized carbons (Fsp3) is 0.800. The Morgan fingerprint density at radius 1 is 1.32 bits per heavy atom. The lowest BCUT2D eigenvalue weighted by Gasteiger charge is -2.44. The first-order valence-electron chi connectivity index (χ1n) is 7.94. The van der Waals surface area contributed by atoms with E-state index in [4.69, 9.17) is 4.74 Å². The molecule has 0 radical (unpaired) electrons. The molecule has 3 rings (SSSR count). The number of amides is 2. The van der Waals surface area contributed by atoms with E-state index < -0.39 is 23.8 Å². The van der Waals surface area contributed by atoms with Crippen LogP contribution in [-0.4, -0.2) is 51.7 Å². The molecule has 7 heteroatoms. The summed E-state index contributed by atoms with van der Waals surface area (Å²) in [6.07, 6.45) is 4.73. The summed E-state index contributed by atoms with van der Waals surface area (Å²) in [4.78, 5) is 37.8. The van der Waals surface area contributed by atoms with Crippen LogP contribution in [0.2, 0.25) is 0 Å². The minimum absolute atomic E-state index is 0.0293. The Balaban J connectivity index is 1.71. The van der Waals surface area contributed by atoms with Crippen molar-refractivity contribution in [2.75, 3.05) is 0 Å². The number of hydrogen-bond acceptors (Lipinski definition) is 5. The van der Waals surface area contributed by atoms with Crippen LogP contribution in [0.4, 0.5) is 0 Å². The number of cyclic esters (lactones) is 1. The molecule has 0 spiro atoms. The number of piperidine rings is 2. The maximum Gasteiger partial charge on any atom is 0.310 e. The highest BCUT2D eigenvalue weighted by Crippen LogP contribution is 2.32. The molecule has 0 bridgehead atoms. The van der Waals surface area contributed by atoms with Crippen molar-refractivity contribution in [2.45, 2.75) is 75.8 Å². The summed E-state index contributed by atoms with van der Waals surface area (Å²) in [6, 6.07) is -1.13. The van der Waals surface area contributed by atoms with Gasteiger partial charge < -0.3 is 20.1 Å². The van der Waals surface area contributed by atoms with Gasteiger partial charge in [-0.05, 0) is 32.1 Å². The van der Waals surface area contributed by atoms with Crippen molar-refractivity contribution in [3.63, 3.8) is 0 Å². The van der Waals surface area contributed by atoms with E-state index in [1.54, 1.807) is 4.90 Å². The number of aliphatic hydroxyl groups is 1. The quantitative estimate of drug-likeness (QED) is 0.703. The van der Waals surface area contributed by atoms with E-state index in [2.05, 4.69) is 5.32 Å². The van der Waals surface area contributed by atoms with Gasteiger partial charge in [-0.2, -0.15) is 0 Å². The molecule has 0 aromatic rings. The number of ether oxygens (including phenoxy) is 1. The summed E-state index contributed by atoms with van der Waals surface area (Å²) < 4.78 is 4.80. The fourth-order valence-electron chi connectivity index (χ4n) is 3.77. The third-order valence-corrected chi connectivity index (χ3v) is 4.92. The van der Waals surface area contributed by atoms with E-state index >= 15 is 0 Å². The van der Waals surface area contributed by atoms with Crippen LogP contribution < -0.4 is 5.32 Å². The maximum absolute atomic E-state index is 12.6. The Morgan fingerprint density at radius 3 is 2.73 bits per heavy atom. The number of hydrogen-bond donors (Lipinski definition) is 2. The molecule has 0 saturated carbocycles. The normalized spacial score (nSPS) is 38.5. The van der Waals surface area contributed by atoms with Crippen LogP contribution in [0.5, 0.6) is 0 Å². The molecule has 4 atom stereocenters. The first-order valence-corrected chi connectivity index (χ1v) is 7.94. The summed E-state index contributed by atoms with van der Waals surface area (Å²) in [5, 5.41) is 12.7. The van der Waals surface area contributed by atoms with Gasteiger partial charge in [0.2, 0.25) is 17.6 Å². The zero-order chi connectivity index (χ0) is 15.9. The Labute approximate surface area is 129 Å². The second-order valence-electron chi connectivity index (χ2n) is 6.59. The van der Waals surface area contributed by atoms with Crippen molar-refractivity contribution < 1.29 is 24.2 Å². The standard InChI is InChI=1S/C15H22N2O5/c1-15(21)11(8-13(19)22-15)16-14(20)10-6-2-4-9-5-3-7-12(18)17(9)10/h9-11,21H,2-8H2,1H3,(H,16,20). The predicted octanol–water partition coefficient (Wildman–Crippen LogP) is 0.0602. The van der Waals surface area contributed by atoms with Gasteiger partial charge in [-0.25, -0.2) is 0 Å². The monoisotopic (exact) mass is 310 g/mol. The SMILES string of the molecule is CC1(O)OC(=O)CC1NC(=O)C1CCCC2CCCC(=O)N21. The zero-order valence-corrected chi connectivity index (χ0v) is 12.7. The Hall–Kier alpha value is -1.63. The van der Waals surface area contributed by atoms with Crippen molar-refractivity contribution in [2.24, 2.45) is 0 Å². The Bertz CT molecular complexity index is 502. The van der Waals surface area contributed by atoms with Gasteiger partial charge in [-0.1, -0.05) is 0 Å². The molecule has 3 aliphatic rings. The summed E-state index contributed by atoms with van der Waals surface area (Å²) in [7, 11) is 0. The van der Waals surface area contributed by atoms with Crippen molar-refractivity contribution in [3.8, 4) is 0 Å². The summed E-state index contributed by atoms with van der Waals surface area (Å²) in [5.74, 6) is -2.50. The van der Waals surface area contributed by atoms with E-state index in [1.165, 1.54) is 6.92 Å². The number of esters is 1. The van der Waals surface area contributed by atoms with Crippen LogP contribution in [0.15, 0.2) is 0 Å². The number of nitrogens with one attached hydrogen (secondary N) is 1. The van der Waals surface area contributed by atoms with Crippen LogP contribution >= 0.6 is 0 Å².